The third kappa shape index (κ3) is 2.38. The topological polar surface area (TPSA) is 62.1 Å². The van der Waals surface area contributed by atoms with Gasteiger partial charge >= 0.3 is 0 Å². The minimum absolute atomic E-state index is 0.00725. The molecule has 3 rings (SSSR count). The fourth-order valence-electron chi connectivity index (χ4n) is 2.42. The first kappa shape index (κ1) is 13.0. The van der Waals surface area contributed by atoms with Crippen LogP contribution in [0.3, 0.4) is 0 Å². The number of fused-ring (bicyclic) bond motifs is 1. The molecule has 0 bridgehead atoms. The van der Waals surface area contributed by atoms with Crippen molar-refractivity contribution in [1.29, 1.82) is 0 Å². The number of halogens is 2. The van der Waals surface area contributed by atoms with Gasteiger partial charge in [0.1, 0.15) is 5.69 Å². The summed E-state index contributed by atoms with van der Waals surface area (Å²) in [5.74, 6) is -0.00725. The third-order valence-corrected chi connectivity index (χ3v) is 4.23. The van der Waals surface area contributed by atoms with Crippen LogP contribution in [-0.2, 0) is 0 Å². The molecule has 1 aliphatic heterocycles. The van der Waals surface area contributed by atoms with E-state index < -0.39 is 0 Å². The number of aromatic nitrogens is 1. The molecule has 1 aliphatic rings. The summed E-state index contributed by atoms with van der Waals surface area (Å²) >= 11 is 9.45. The normalized spacial score (nSPS) is 19.3. The molecule has 4 nitrogen and oxygen atoms in total. The van der Waals surface area contributed by atoms with E-state index in [0.29, 0.717) is 17.3 Å². The number of likely N-dealkylation sites (tertiary alicyclic amines) is 1. The average molecular weight is 343 g/mol. The van der Waals surface area contributed by atoms with Crippen LogP contribution in [0.4, 0.5) is 0 Å². The minimum atomic E-state index is -0.00725. The second kappa shape index (κ2) is 4.81. The van der Waals surface area contributed by atoms with Crippen molar-refractivity contribution in [1.82, 2.24) is 9.88 Å². The van der Waals surface area contributed by atoms with Gasteiger partial charge in [0.15, 0.2) is 0 Å². The van der Waals surface area contributed by atoms with Crippen LogP contribution in [0.5, 0.6) is 0 Å². The van der Waals surface area contributed by atoms with Crippen molar-refractivity contribution < 1.29 is 4.79 Å². The smallest absolute Gasteiger partial charge is 0.270 e. The van der Waals surface area contributed by atoms with E-state index in [2.05, 4.69) is 20.9 Å². The minimum Gasteiger partial charge on any atom is -0.350 e. The molecule has 2 aromatic rings. The number of carbonyl (C=O) groups excluding carboxylic acids is 1. The Morgan fingerprint density at radius 3 is 2.95 bits per heavy atom. The highest BCUT2D eigenvalue weighted by Gasteiger charge is 2.25. The highest BCUT2D eigenvalue weighted by Crippen LogP contribution is 2.29. The number of benzene rings is 1. The number of carbonyl (C=O) groups is 1. The van der Waals surface area contributed by atoms with Crippen molar-refractivity contribution >= 4 is 44.3 Å². The lowest BCUT2D eigenvalue weighted by Gasteiger charge is -2.14. The van der Waals surface area contributed by atoms with Gasteiger partial charge in [0.25, 0.3) is 5.91 Å². The van der Waals surface area contributed by atoms with Crippen LogP contribution >= 0.6 is 27.5 Å². The van der Waals surface area contributed by atoms with E-state index in [1.54, 1.807) is 11.0 Å². The average Bonchev–Trinajstić information content (AvgIpc) is 2.94. The Balaban J connectivity index is 1.97. The Morgan fingerprint density at radius 1 is 1.47 bits per heavy atom. The van der Waals surface area contributed by atoms with Crippen LogP contribution < -0.4 is 5.73 Å². The van der Waals surface area contributed by atoms with Gasteiger partial charge in [0, 0.05) is 34.0 Å². The number of hydrogen-bond donors (Lipinski definition) is 2. The molecule has 1 aromatic carbocycles. The van der Waals surface area contributed by atoms with Crippen molar-refractivity contribution in [2.45, 2.75) is 12.5 Å². The Hall–Kier alpha value is -1.04. The second-order valence-electron chi connectivity index (χ2n) is 4.83. The second-order valence-corrected chi connectivity index (χ2v) is 6.13. The Kier molecular flexibility index (Phi) is 3.28. The quantitative estimate of drug-likeness (QED) is 0.837. The SMILES string of the molecule is N[C@@H]1CCN(C(=O)c2cc3cc(Cl)cc(Br)c3[nH]2)C1. The van der Waals surface area contributed by atoms with Gasteiger partial charge in [0.05, 0.1) is 5.52 Å². The monoisotopic (exact) mass is 341 g/mol. The van der Waals surface area contributed by atoms with Gasteiger partial charge in [-0.25, -0.2) is 0 Å². The highest BCUT2D eigenvalue weighted by atomic mass is 79.9. The number of aromatic amines is 1. The molecule has 0 saturated carbocycles. The van der Waals surface area contributed by atoms with E-state index in [9.17, 15) is 4.79 Å². The van der Waals surface area contributed by atoms with Gasteiger partial charge in [-0.15, -0.1) is 0 Å². The maximum absolute atomic E-state index is 12.3. The summed E-state index contributed by atoms with van der Waals surface area (Å²) in [5, 5.41) is 1.56. The van der Waals surface area contributed by atoms with Crippen molar-refractivity contribution in [3.63, 3.8) is 0 Å². The summed E-state index contributed by atoms with van der Waals surface area (Å²) in [6, 6.07) is 5.57. The lowest BCUT2D eigenvalue weighted by molar-refractivity contribution is 0.0786. The van der Waals surface area contributed by atoms with E-state index in [4.69, 9.17) is 17.3 Å². The van der Waals surface area contributed by atoms with Crippen molar-refractivity contribution in [3.8, 4) is 0 Å². The molecule has 1 saturated heterocycles. The first-order chi connectivity index (χ1) is 9.04. The van der Waals surface area contributed by atoms with E-state index in [0.717, 1.165) is 28.3 Å². The summed E-state index contributed by atoms with van der Waals surface area (Å²) in [7, 11) is 0. The van der Waals surface area contributed by atoms with Crippen LogP contribution in [-0.4, -0.2) is 34.9 Å². The van der Waals surface area contributed by atoms with Gasteiger partial charge in [-0.3, -0.25) is 4.79 Å². The van der Waals surface area contributed by atoms with Gasteiger partial charge in [0.2, 0.25) is 0 Å². The standard InChI is InChI=1S/C13H13BrClN3O/c14-10-5-8(15)3-7-4-11(17-12(7)10)13(19)18-2-1-9(16)6-18/h3-5,9,17H,1-2,6,16H2/t9-/m1/s1. The number of nitrogens with one attached hydrogen (secondary N) is 1. The van der Waals surface area contributed by atoms with Crippen molar-refractivity contribution in [2.24, 2.45) is 5.73 Å². The molecule has 2 heterocycles. The molecular formula is C13H13BrClN3O. The number of H-pyrrole nitrogens is 1. The van der Waals surface area contributed by atoms with Gasteiger partial charge in [-0.05, 0) is 40.5 Å². The van der Waals surface area contributed by atoms with Crippen molar-refractivity contribution in [2.75, 3.05) is 13.1 Å². The van der Waals surface area contributed by atoms with Crippen LogP contribution in [0.2, 0.25) is 5.02 Å². The number of nitrogens with zero attached hydrogens (tertiary/aromatic N) is 1. The summed E-state index contributed by atoms with van der Waals surface area (Å²) in [4.78, 5) is 17.3. The number of amides is 1. The lowest BCUT2D eigenvalue weighted by Crippen LogP contribution is -2.32. The molecule has 1 fully saturated rings. The summed E-state index contributed by atoms with van der Waals surface area (Å²) in [5.41, 5.74) is 7.29. The molecule has 6 heteroatoms. The Labute approximate surface area is 124 Å². The first-order valence-corrected chi connectivity index (χ1v) is 7.24. The van der Waals surface area contributed by atoms with Crippen LogP contribution in [0.15, 0.2) is 22.7 Å². The first-order valence-electron chi connectivity index (χ1n) is 6.07. The van der Waals surface area contributed by atoms with Crippen molar-refractivity contribution in [3.05, 3.63) is 33.4 Å². The van der Waals surface area contributed by atoms with E-state index in [-0.39, 0.29) is 11.9 Å². The predicted octanol–water partition coefficient (Wildman–Crippen LogP) is 2.76. The van der Waals surface area contributed by atoms with E-state index >= 15 is 0 Å². The van der Waals surface area contributed by atoms with Gasteiger partial charge < -0.3 is 15.6 Å². The van der Waals surface area contributed by atoms with Gasteiger partial charge in [-0.1, -0.05) is 11.6 Å². The fourth-order valence-corrected chi connectivity index (χ4v) is 3.36. The largest absolute Gasteiger partial charge is 0.350 e. The molecule has 100 valence electrons. The fraction of sp³-hybridized carbons (Fsp3) is 0.308. The molecule has 0 aliphatic carbocycles. The van der Waals surface area contributed by atoms with E-state index in [1.807, 2.05) is 12.1 Å². The highest BCUT2D eigenvalue weighted by molar-refractivity contribution is 9.10. The van der Waals surface area contributed by atoms with Crippen LogP contribution in [0, 0.1) is 0 Å². The predicted molar refractivity (Wildman–Crippen MR) is 79.5 cm³/mol. The molecule has 19 heavy (non-hydrogen) atoms. The molecule has 3 N–H and O–H groups in total. The Bertz CT molecular complexity index is 655. The van der Waals surface area contributed by atoms with Crippen LogP contribution in [0.1, 0.15) is 16.9 Å². The number of hydrogen-bond acceptors (Lipinski definition) is 2. The molecule has 0 unspecified atom stereocenters. The summed E-state index contributed by atoms with van der Waals surface area (Å²) < 4.78 is 0.854. The summed E-state index contributed by atoms with van der Waals surface area (Å²) in [6.45, 7) is 1.34. The zero-order chi connectivity index (χ0) is 13.6. The summed E-state index contributed by atoms with van der Waals surface area (Å²) in [6.07, 6.45) is 0.863. The molecule has 1 atom stereocenters. The van der Waals surface area contributed by atoms with Crippen LogP contribution in [0.25, 0.3) is 10.9 Å². The maximum atomic E-state index is 12.3. The third-order valence-electron chi connectivity index (χ3n) is 3.39. The Morgan fingerprint density at radius 2 is 2.26 bits per heavy atom. The molecule has 0 spiro atoms. The van der Waals surface area contributed by atoms with E-state index in [1.165, 1.54) is 0 Å². The maximum Gasteiger partial charge on any atom is 0.270 e. The number of nitrogens with two attached hydrogens (primary N) is 1. The number of rotatable bonds is 1. The molecule has 0 radical (unpaired) electrons. The molecule has 1 amide bonds. The van der Waals surface area contributed by atoms with Gasteiger partial charge in [-0.2, -0.15) is 0 Å². The lowest BCUT2D eigenvalue weighted by atomic mass is 10.2. The zero-order valence-corrected chi connectivity index (χ0v) is 12.5. The molecule has 1 aromatic heterocycles. The molecular weight excluding hydrogens is 330 g/mol. The zero-order valence-electron chi connectivity index (χ0n) is 10.1.